The summed E-state index contributed by atoms with van der Waals surface area (Å²) < 4.78 is 5.82. The van der Waals surface area contributed by atoms with Gasteiger partial charge in [0.2, 0.25) is 5.91 Å². The number of oxazole rings is 1. The second kappa shape index (κ2) is 7.58. The molecule has 7 nitrogen and oxygen atoms in total. The fourth-order valence-corrected chi connectivity index (χ4v) is 3.78. The van der Waals surface area contributed by atoms with Crippen LogP contribution in [0.15, 0.2) is 40.8 Å². The molecule has 0 saturated carbocycles. The van der Waals surface area contributed by atoms with E-state index in [2.05, 4.69) is 15.2 Å². The number of carbonyl (C=O) groups excluding carboxylic acids is 1. The number of aryl methyl sites for hydroxylation is 2. The molecule has 7 heteroatoms. The molecule has 1 saturated heterocycles. The van der Waals surface area contributed by atoms with E-state index in [1.54, 1.807) is 19.1 Å². The van der Waals surface area contributed by atoms with Crippen LogP contribution < -0.4 is 10.2 Å². The van der Waals surface area contributed by atoms with Crippen molar-refractivity contribution in [3.05, 3.63) is 53.1 Å². The minimum atomic E-state index is -0.996. The van der Waals surface area contributed by atoms with Crippen molar-refractivity contribution in [3.63, 3.8) is 0 Å². The molecule has 4 rings (SSSR count). The number of piperidine rings is 1. The highest BCUT2D eigenvalue weighted by Gasteiger charge is 2.27. The molecule has 2 heterocycles. The Balaban J connectivity index is 1.41. The van der Waals surface area contributed by atoms with Gasteiger partial charge in [-0.3, -0.25) is 4.79 Å². The van der Waals surface area contributed by atoms with Gasteiger partial charge in [-0.15, -0.1) is 0 Å². The van der Waals surface area contributed by atoms with Crippen LogP contribution in [-0.2, 0) is 4.79 Å². The van der Waals surface area contributed by atoms with E-state index in [4.69, 9.17) is 4.42 Å². The molecule has 0 aliphatic carbocycles. The Morgan fingerprint density at radius 2 is 1.86 bits per heavy atom. The average Bonchev–Trinajstić information content (AvgIpc) is 3.14. The van der Waals surface area contributed by atoms with Crippen molar-refractivity contribution < 1.29 is 19.1 Å². The summed E-state index contributed by atoms with van der Waals surface area (Å²) in [6, 6.07) is 11.6. The van der Waals surface area contributed by atoms with E-state index in [9.17, 15) is 14.7 Å². The van der Waals surface area contributed by atoms with E-state index >= 15 is 0 Å². The summed E-state index contributed by atoms with van der Waals surface area (Å²) in [6.45, 7) is 4.98. The number of aromatic carboxylic acids is 1. The smallest absolute Gasteiger partial charge is 0.336 e. The first-order valence-electron chi connectivity index (χ1n) is 9.68. The van der Waals surface area contributed by atoms with Crippen LogP contribution in [0.3, 0.4) is 0 Å². The number of fused-ring (bicyclic) bond motifs is 1. The first-order chi connectivity index (χ1) is 13.9. The van der Waals surface area contributed by atoms with Crippen molar-refractivity contribution in [2.75, 3.05) is 23.3 Å². The van der Waals surface area contributed by atoms with Gasteiger partial charge in [0.05, 0.1) is 5.56 Å². The van der Waals surface area contributed by atoms with Crippen LogP contribution in [0.25, 0.3) is 11.1 Å². The zero-order chi connectivity index (χ0) is 20.5. The number of rotatable bonds is 4. The summed E-state index contributed by atoms with van der Waals surface area (Å²) in [5.41, 5.74) is 3.87. The molecule has 1 aliphatic heterocycles. The molecule has 0 atom stereocenters. The molecular weight excluding hydrogens is 370 g/mol. The Morgan fingerprint density at radius 1 is 1.14 bits per heavy atom. The Morgan fingerprint density at radius 3 is 2.55 bits per heavy atom. The third-order valence-electron chi connectivity index (χ3n) is 5.48. The van der Waals surface area contributed by atoms with Crippen LogP contribution in [0, 0.1) is 19.8 Å². The van der Waals surface area contributed by atoms with Gasteiger partial charge in [-0.05, 0) is 56.0 Å². The van der Waals surface area contributed by atoms with Gasteiger partial charge in [0.1, 0.15) is 5.52 Å². The van der Waals surface area contributed by atoms with E-state index in [1.165, 1.54) is 0 Å². The van der Waals surface area contributed by atoms with E-state index < -0.39 is 5.97 Å². The lowest BCUT2D eigenvalue weighted by Gasteiger charge is -2.30. The molecule has 1 amide bonds. The Hall–Kier alpha value is -3.35. The minimum Gasteiger partial charge on any atom is -0.478 e. The monoisotopic (exact) mass is 393 g/mol. The number of carbonyl (C=O) groups is 2. The molecule has 3 aromatic rings. The molecule has 2 N–H and O–H groups in total. The molecule has 2 aromatic carbocycles. The second-order valence-corrected chi connectivity index (χ2v) is 7.50. The number of nitrogens with zero attached hydrogens (tertiary/aromatic N) is 2. The highest BCUT2D eigenvalue weighted by molar-refractivity contribution is 5.96. The standard InChI is InChI=1S/C22H23N3O4/c1-13-11-14(2)18(12-16(13)21(27)28)23-20(26)15-7-9-25(10-8-15)22-24-17-5-3-4-6-19(17)29-22/h3-6,11-12,15H,7-10H2,1-2H3,(H,23,26)(H,27,28). The summed E-state index contributed by atoms with van der Waals surface area (Å²) in [6.07, 6.45) is 1.36. The number of aromatic nitrogens is 1. The van der Waals surface area contributed by atoms with Gasteiger partial charge in [-0.2, -0.15) is 4.98 Å². The molecule has 1 aromatic heterocycles. The van der Waals surface area contributed by atoms with Crippen molar-refractivity contribution >= 4 is 34.7 Å². The van der Waals surface area contributed by atoms with E-state index in [-0.39, 0.29) is 17.4 Å². The number of hydrogen-bond donors (Lipinski definition) is 2. The molecular formula is C22H23N3O4. The lowest BCUT2D eigenvalue weighted by molar-refractivity contribution is -0.120. The summed E-state index contributed by atoms with van der Waals surface area (Å²) in [5.74, 6) is -1.21. The molecule has 0 bridgehead atoms. The Bertz CT molecular complexity index is 1050. The zero-order valence-electron chi connectivity index (χ0n) is 16.4. The van der Waals surface area contributed by atoms with Crippen LogP contribution in [0.1, 0.15) is 34.3 Å². The predicted molar refractivity (Wildman–Crippen MR) is 110 cm³/mol. The normalized spacial score (nSPS) is 14.9. The first-order valence-corrected chi connectivity index (χ1v) is 9.68. The van der Waals surface area contributed by atoms with Crippen molar-refractivity contribution in [1.82, 2.24) is 4.98 Å². The fraction of sp³-hybridized carbons (Fsp3) is 0.318. The third-order valence-corrected chi connectivity index (χ3v) is 5.48. The van der Waals surface area contributed by atoms with Crippen LogP contribution in [0.2, 0.25) is 0 Å². The van der Waals surface area contributed by atoms with Crippen molar-refractivity contribution in [2.24, 2.45) is 5.92 Å². The molecule has 0 spiro atoms. The maximum atomic E-state index is 12.8. The quantitative estimate of drug-likeness (QED) is 0.696. The lowest BCUT2D eigenvalue weighted by atomic mass is 9.95. The average molecular weight is 393 g/mol. The van der Waals surface area contributed by atoms with Gasteiger partial charge < -0.3 is 19.7 Å². The summed E-state index contributed by atoms with van der Waals surface area (Å²) in [7, 11) is 0. The van der Waals surface area contributed by atoms with E-state index in [1.807, 2.05) is 31.2 Å². The van der Waals surface area contributed by atoms with Crippen molar-refractivity contribution in [2.45, 2.75) is 26.7 Å². The molecule has 0 unspecified atom stereocenters. The van der Waals surface area contributed by atoms with Gasteiger partial charge in [0.25, 0.3) is 6.01 Å². The van der Waals surface area contributed by atoms with Crippen molar-refractivity contribution in [3.8, 4) is 0 Å². The highest BCUT2D eigenvalue weighted by Crippen LogP contribution is 2.28. The van der Waals surface area contributed by atoms with Gasteiger partial charge >= 0.3 is 5.97 Å². The van der Waals surface area contributed by atoms with Crippen LogP contribution in [-0.4, -0.2) is 35.1 Å². The molecule has 29 heavy (non-hydrogen) atoms. The largest absolute Gasteiger partial charge is 0.478 e. The van der Waals surface area contributed by atoms with Gasteiger partial charge in [0, 0.05) is 24.7 Å². The zero-order valence-corrected chi connectivity index (χ0v) is 16.4. The van der Waals surface area contributed by atoms with Crippen LogP contribution in [0.4, 0.5) is 11.7 Å². The van der Waals surface area contributed by atoms with Gasteiger partial charge in [0.15, 0.2) is 5.58 Å². The third kappa shape index (κ3) is 3.81. The summed E-state index contributed by atoms with van der Waals surface area (Å²) in [5, 5.41) is 12.2. The molecule has 1 fully saturated rings. The fourth-order valence-electron chi connectivity index (χ4n) is 3.78. The van der Waals surface area contributed by atoms with Gasteiger partial charge in [-0.1, -0.05) is 18.2 Å². The topological polar surface area (TPSA) is 95.7 Å². The number of amides is 1. The number of nitrogens with one attached hydrogen (secondary N) is 1. The number of benzene rings is 2. The molecule has 1 aliphatic rings. The van der Waals surface area contributed by atoms with Crippen LogP contribution >= 0.6 is 0 Å². The number of anilines is 2. The second-order valence-electron chi connectivity index (χ2n) is 7.50. The van der Waals surface area contributed by atoms with E-state index in [0.717, 1.165) is 16.7 Å². The lowest BCUT2D eigenvalue weighted by Crippen LogP contribution is -2.38. The number of hydrogen-bond acceptors (Lipinski definition) is 5. The SMILES string of the molecule is Cc1cc(C)c(C(=O)O)cc1NC(=O)C1CCN(c2nc3ccccc3o2)CC1. The summed E-state index contributed by atoms with van der Waals surface area (Å²) in [4.78, 5) is 30.7. The maximum Gasteiger partial charge on any atom is 0.336 e. The van der Waals surface area contributed by atoms with Crippen LogP contribution in [0.5, 0.6) is 0 Å². The van der Waals surface area contributed by atoms with E-state index in [0.29, 0.717) is 43.2 Å². The Kier molecular flexibility index (Phi) is 4.96. The summed E-state index contributed by atoms with van der Waals surface area (Å²) >= 11 is 0. The predicted octanol–water partition coefficient (Wildman–Crippen LogP) is 4.00. The highest BCUT2D eigenvalue weighted by atomic mass is 16.4. The molecule has 0 radical (unpaired) electrons. The number of carboxylic acids is 1. The number of carboxylic acid groups (broad SMARTS) is 1. The first kappa shape index (κ1) is 19.0. The van der Waals surface area contributed by atoms with Crippen molar-refractivity contribution in [1.29, 1.82) is 0 Å². The maximum absolute atomic E-state index is 12.8. The van der Waals surface area contributed by atoms with Gasteiger partial charge in [-0.25, -0.2) is 4.79 Å². The molecule has 150 valence electrons. The Labute approximate surface area is 168 Å². The number of para-hydroxylation sites is 2. The minimum absolute atomic E-state index is 0.0782.